The van der Waals surface area contributed by atoms with Crippen LogP contribution in [0.4, 0.5) is 0 Å². The number of allylic oxidation sites excluding steroid dienone is 2. The molecule has 1 aromatic heterocycles. The molecule has 0 saturated heterocycles. The van der Waals surface area contributed by atoms with Crippen LogP contribution in [0.2, 0.25) is 0 Å². The maximum atomic E-state index is 11.7. The fourth-order valence-corrected chi connectivity index (χ4v) is 1.26. The summed E-state index contributed by atoms with van der Waals surface area (Å²) in [6, 6.07) is 0. The van der Waals surface area contributed by atoms with Gasteiger partial charge < -0.3 is 4.74 Å². The number of carbonyl (C=O) groups is 1. The lowest BCUT2D eigenvalue weighted by molar-refractivity contribution is 0.0894. The van der Waals surface area contributed by atoms with Crippen molar-refractivity contribution in [3.8, 4) is 0 Å². The van der Waals surface area contributed by atoms with E-state index in [2.05, 4.69) is 9.97 Å². The molecule has 2 rings (SSSR count). The minimum Gasteiger partial charge on any atom is -0.490 e. The lowest BCUT2D eigenvalue weighted by Crippen LogP contribution is -2.12. The number of rotatable bonds is 2. The summed E-state index contributed by atoms with van der Waals surface area (Å²) in [5, 5.41) is 0. The molecule has 0 atom stereocenters. The van der Waals surface area contributed by atoms with E-state index in [1.54, 1.807) is 6.08 Å². The smallest absolute Gasteiger partial charge is 0.247 e. The summed E-state index contributed by atoms with van der Waals surface area (Å²) in [5.74, 6) is 0.217. The Morgan fingerprint density at radius 2 is 2.36 bits per heavy atom. The van der Waals surface area contributed by atoms with Crippen LogP contribution in [0.15, 0.2) is 30.4 Å². The fraction of sp³-hybridized carbons (Fsp3) is 0.300. The van der Waals surface area contributed by atoms with Crippen molar-refractivity contribution in [3.63, 3.8) is 0 Å². The molecule has 0 amide bonds. The number of carbonyl (C=O) groups excluding carboxylic acids is 1. The van der Waals surface area contributed by atoms with Gasteiger partial charge in [-0.05, 0) is 18.9 Å². The SMILES string of the molecule is O=C(C1=CCCCO1)c1cnccn1. The Morgan fingerprint density at radius 3 is 3.00 bits per heavy atom. The Morgan fingerprint density at radius 1 is 1.43 bits per heavy atom. The van der Waals surface area contributed by atoms with Crippen molar-refractivity contribution in [1.29, 1.82) is 0 Å². The molecule has 0 N–H and O–H groups in total. The van der Waals surface area contributed by atoms with Gasteiger partial charge in [-0.25, -0.2) is 4.98 Å². The second-order valence-electron chi connectivity index (χ2n) is 2.98. The average Bonchev–Trinajstić information content (AvgIpc) is 2.30. The molecule has 0 aliphatic carbocycles. The van der Waals surface area contributed by atoms with Crippen molar-refractivity contribution in [2.45, 2.75) is 12.8 Å². The van der Waals surface area contributed by atoms with Crippen molar-refractivity contribution in [2.24, 2.45) is 0 Å². The zero-order chi connectivity index (χ0) is 9.80. The number of ether oxygens (including phenoxy) is 1. The molecule has 4 nitrogen and oxygen atoms in total. The zero-order valence-corrected chi connectivity index (χ0v) is 7.64. The molecule has 4 heteroatoms. The van der Waals surface area contributed by atoms with Gasteiger partial charge in [0.25, 0.3) is 0 Å². The molecule has 0 fully saturated rings. The van der Waals surface area contributed by atoms with Crippen LogP contribution in [-0.2, 0) is 4.74 Å². The van der Waals surface area contributed by atoms with Crippen LogP contribution < -0.4 is 0 Å². The highest BCUT2D eigenvalue weighted by Crippen LogP contribution is 2.13. The number of aromatic nitrogens is 2. The Hall–Kier alpha value is -1.71. The minimum absolute atomic E-state index is 0.183. The van der Waals surface area contributed by atoms with Crippen LogP contribution in [0.25, 0.3) is 0 Å². The first kappa shape index (κ1) is 8.87. The van der Waals surface area contributed by atoms with Gasteiger partial charge in [0, 0.05) is 12.4 Å². The van der Waals surface area contributed by atoms with Gasteiger partial charge in [0.15, 0.2) is 5.76 Å². The van der Waals surface area contributed by atoms with Crippen LogP contribution in [-0.4, -0.2) is 22.4 Å². The van der Waals surface area contributed by atoms with Gasteiger partial charge in [0.05, 0.1) is 12.8 Å². The van der Waals surface area contributed by atoms with Crippen molar-refractivity contribution < 1.29 is 9.53 Å². The molecule has 0 spiro atoms. The first-order valence-corrected chi connectivity index (χ1v) is 4.51. The lowest BCUT2D eigenvalue weighted by Gasteiger charge is -2.12. The van der Waals surface area contributed by atoms with Gasteiger partial charge in [-0.1, -0.05) is 0 Å². The van der Waals surface area contributed by atoms with Crippen LogP contribution in [0.3, 0.4) is 0 Å². The third kappa shape index (κ3) is 1.79. The topological polar surface area (TPSA) is 52.1 Å². The van der Waals surface area contributed by atoms with E-state index in [1.165, 1.54) is 18.6 Å². The summed E-state index contributed by atoms with van der Waals surface area (Å²) in [4.78, 5) is 19.5. The minimum atomic E-state index is -0.183. The van der Waals surface area contributed by atoms with E-state index in [0.29, 0.717) is 18.1 Å². The first-order chi connectivity index (χ1) is 6.88. The molecule has 72 valence electrons. The summed E-state index contributed by atoms with van der Waals surface area (Å²) >= 11 is 0. The molecule has 1 aliphatic rings. The molecule has 1 aromatic rings. The number of hydrogen-bond acceptors (Lipinski definition) is 4. The standard InChI is InChI=1S/C10H10N2O2/c13-10(8-7-11-4-5-12-8)9-3-1-2-6-14-9/h3-5,7H,1-2,6H2. The van der Waals surface area contributed by atoms with E-state index in [1.807, 2.05) is 0 Å². The summed E-state index contributed by atoms with van der Waals surface area (Å²) in [7, 11) is 0. The molecule has 1 aliphatic heterocycles. The lowest BCUT2D eigenvalue weighted by atomic mass is 10.1. The third-order valence-corrected chi connectivity index (χ3v) is 1.96. The highest BCUT2D eigenvalue weighted by molar-refractivity contribution is 6.05. The Labute approximate surface area is 81.6 Å². The normalized spacial score (nSPS) is 15.6. The highest BCUT2D eigenvalue weighted by atomic mass is 16.5. The highest BCUT2D eigenvalue weighted by Gasteiger charge is 2.16. The molecule has 0 saturated carbocycles. The second kappa shape index (κ2) is 4.00. The van der Waals surface area contributed by atoms with Gasteiger partial charge >= 0.3 is 0 Å². The quantitative estimate of drug-likeness (QED) is 0.660. The molecule has 0 bridgehead atoms. The molecular formula is C10H10N2O2. The summed E-state index contributed by atoms with van der Waals surface area (Å²) < 4.78 is 5.24. The van der Waals surface area contributed by atoms with Crippen LogP contribution in [0.1, 0.15) is 23.3 Å². The van der Waals surface area contributed by atoms with Gasteiger partial charge in [-0.3, -0.25) is 9.78 Å². The Kier molecular flexibility index (Phi) is 2.53. The van der Waals surface area contributed by atoms with E-state index in [0.717, 1.165) is 12.8 Å². The zero-order valence-electron chi connectivity index (χ0n) is 7.64. The molecule has 0 radical (unpaired) electrons. The van der Waals surface area contributed by atoms with Crippen LogP contribution in [0, 0.1) is 0 Å². The average molecular weight is 190 g/mol. The predicted molar refractivity (Wildman–Crippen MR) is 49.6 cm³/mol. The van der Waals surface area contributed by atoms with Crippen molar-refractivity contribution >= 4 is 5.78 Å². The molecular weight excluding hydrogens is 180 g/mol. The maximum absolute atomic E-state index is 11.7. The van der Waals surface area contributed by atoms with E-state index in [-0.39, 0.29) is 5.78 Å². The van der Waals surface area contributed by atoms with Crippen molar-refractivity contribution in [1.82, 2.24) is 9.97 Å². The first-order valence-electron chi connectivity index (χ1n) is 4.51. The number of hydrogen-bond donors (Lipinski definition) is 0. The van der Waals surface area contributed by atoms with Crippen LogP contribution in [0.5, 0.6) is 0 Å². The van der Waals surface area contributed by atoms with Gasteiger partial charge in [-0.2, -0.15) is 0 Å². The third-order valence-electron chi connectivity index (χ3n) is 1.96. The summed E-state index contributed by atoms with van der Waals surface area (Å²) in [5.41, 5.74) is 0.334. The number of nitrogens with zero attached hydrogens (tertiary/aromatic N) is 2. The Balaban J connectivity index is 2.20. The van der Waals surface area contributed by atoms with E-state index >= 15 is 0 Å². The van der Waals surface area contributed by atoms with Crippen molar-refractivity contribution in [2.75, 3.05) is 6.61 Å². The monoisotopic (exact) mass is 190 g/mol. The number of ketones is 1. The van der Waals surface area contributed by atoms with Gasteiger partial charge in [-0.15, -0.1) is 0 Å². The molecule has 2 heterocycles. The molecule has 0 aromatic carbocycles. The second-order valence-corrected chi connectivity index (χ2v) is 2.98. The number of Topliss-reactive ketones (excluding diaryl/α,β-unsaturated/α-hetero) is 1. The maximum Gasteiger partial charge on any atom is 0.247 e. The van der Waals surface area contributed by atoms with E-state index in [9.17, 15) is 4.79 Å². The van der Waals surface area contributed by atoms with Gasteiger partial charge in [0.2, 0.25) is 5.78 Å². The largest absolute Gasteiger partial charge is 0.490 e. The molecule has 14 heavy (non-hydrogen) atoms. The summed E-state index contributed by atoms with van der Waals surface area (Å²) in [6.07, 6.45) is 8.14. The van der Waals surface area contributed by atoms with E-state index < -0.39 is 0 Å². The Bertz CT molecular complexity index is 360. The summed E-state index contributed by atoms with van der Waals surface area (Å²) in [6.45, 7) is 0.609. The van der Waals surface area contributed by atoms with Crippen LogP contribution >= 0.6 is 0 Å². The van der Waals surface area contributed by atoms with Crippen molar-refractivity contribution in [3.05, 3.63) is 36.1 Å². The predicted octanol–water partition coefficient (Wildman–Crippen LogP) is 1.35. The van der Waals surface area contributed by atoms with Gasteiger partial charge in [0.1, 0.15) is 5.69 Å². The fourth-order valence-electron chi connectivity index (χ4n) is 1.26. The molecule has 0 unspecified atom stereocenters. The van der Waals surface area contributed by atoms with E-state index in [4.69, 9.17) is 4.74 Å².